The summed E-state index contributed by atoms with van der Waals surface area (Å²) in [5, 5.41) is 3.11. The van der Waals surface area contributed by atoms with E-state index in [1.54, 1.807) is 6.07 Å². The highest BCUT2D eigenvalue weighted by atomic mass is 32.2. The lowest BCUT2D eigenvalue weighted by atomic mass is 10.1. The maximum Gasteiger partial charge on any atom is 0.276 e. The van der Waals surface area contributed by atoms with Crippen molar-refractivity contribution in [2.45, 2.75) is 11.5 Å². The summed E-state index contributed by atoms with van der Waals surface area (Å²) in [4.78, 5) is 0. The molecule has 0 bridgehead atoms. The Morgan fingerprint density at radius 1 is 1.62 bits per heavy atom. The largest absolute Gasteiger partial charge is 0.452 e. The molecule has 6 heteroatoms. The maximum absolute atomic E-state index is 12.1. The van der Waals surface area contributed by atoms with Crippen LogP contribution in [0.15, 0.2) is 27.9 Å². The number of sulfonamides is 1. The number of rotatable bonds is 4. The van der Waals surface area contributed by atoms with Gasteiger partial charge in [0.1, 0.15) is 0 Å². The van der Waals surface area contributed by atoms with Crippen molar-refractivity contribution in [2.75, 3.05) is 26.7 Å². The molecule has 0 spiro atoms. The summed E-state index contributed by atoms with van der Waals surface area (Å²) in [6, 6.07) is 3.08. The number of hydrogen-bond acceptors (Lipinski definition) is 4. The number of furan rings is 1. The average molecular weight is 244 g/mol. The maximum atomic E-state index is 12.1. The highest BCUT2D eigenvalue weighted by molar-refractivity contribution is 7.89. The average Bonchev–Trinajstić information content (AvgIpc) is 2.88. The van der Waals surface area contributed by atoms with E-state index in [0.29, 0.717) is 19.0 Å². The fraction of sp³-hybridized carbons (Fsp3) is 0.600. The number of nitrogens with one attached hydrogen (secondary N) is 1. The second-order valence-corrected chi connectivity index (χ2v) is 5.88. The van der Waals surface area contributed by atoms with Gasteiger partial charge < -0.3 is 9.73 Å². The van der Waals surface area contributed by atoms with E-state index < -0.39 is 10.0 Å². The van der Waals surface area contributed by atoms with E-state index in [4.69, 9.17) is 4.42 Å². The van der Waals surface area contributed by atoms with Gasteiger partial charge in [-0.3, -0.25) is 0 Å². The van der Waals surface area contributed by atoms with Gasteiger partial charge >= 0.3 is 0 Å². The van der Waals surface area contributed by atoms with Crippen molar-refractivity contribution < 1.29 is 12.8 Å². The van der Waals surface area contributed by atoms with Gasteiger partial charge in [0.25, 0.3) is 10.0 Å². The van der Waals surface area contributed by atoms with Crippen LogP contribution in [0, 0.1) is 5.92 Å². The first-order chi connectivity index (χ1) is 7.64. The standard InChI is InChI=1S/C10H16N2O3S/c1-11-7-9-4-5-12(8-9)16(13,14)10-3-2-6-15-10/h2-3,6,9,11H,4-5,7-8H2,1H3. The fourth-order valence-electron chi connectivity index (χ4n) is 2.01. The Morgan fingerprint density at radius 2 is 2.44 bits per heavy atom. The molecule has 1 aliphatic heterocycles. The van der Waals surface area contributed by atoms with Crippen molar-refractivity contribution >= 4 is 10.0 Å². The molecular weight excluding hydrogens is 228 g/mol. The zero-order chi connectivity index (χ0) is 11.6. The lowest BCUT2D eigenvalue weighted by Crippen LogP contribution is -2.30. The molecule has 90 valence electrons. The third-order valence-electron chi connectivity index (χ3n) is 2.83. The van der Waals surface area contributed by atoms with Crippen LogP contribution < -0.4 is 5.32 Å². The minimum Gasteiger partial charge on any atom is -0.452 e. The van der Waals surface area contributed by atoms with Gasteiger partial charge in [-0.2, -0.15) is 4.31 Å². The van der Waals surface area contributed by atoms with E-state index in [1.165, 1.54) is 16.6 Å². The predicted octanol–water partition coefficient (Wildman–Crippen LogP) is 0.510. The lowest BCUT2D eigenvalue weighted by Gasteiger charge is -2.14. The molecular formula is C10H16N2O3S. The van der Waals surface area contributed by atoms with Crippen LogP contribution in [0.4, 0.5) is 0 Å². The Balaban J connectivity index is 2.10. The number of hydrogen-bond donors (Lipinski definition) is 1. The quantitative estimate of drug-likeness (QED) is 0.838. The first-order valence-electron chi connectivity index (χ1n) is 5.33. The van der Waals surface area contributed by atoms with Crippen molar-refractivity contribution in [1.82, 2.24) is 9.62 Å². The molecule has 5 nitrogen and oxygen atoms in total. The molecule has 1 aromatic heterocycles. The summed E-state index contributed by atoms with van der Waals surface area (Å²) in [5.41, 5.74) is 0. The SMILES string of the molecule is CNCC1CCN(S(=O)(=O)c2ccco2)C1. The molecule has 0 aromatic carbocycles. The van der Waals surface area contributed by atoms with Crippen LogP contribution in [0.1, 0.15) is 6.42 Å². The smallest absolute Gasteiger partial charge is 0.276 e. The Morgan fingerprint density at radius 3 is 3.06 bits per heavy atom. The van der Waals surface area contributed by atoms with Gasteiger partial charge in [-0.15, -0.1) is 0 Å². The lowest BCUT2D eigenvalue weighted by molar-refractivity contribution is 0.403. The van der Waals surface area contributed by atoms with E-state index in [0.717, 1.165) is 13.0 Å². The van der Waals surface area contributed by atoms with Crippen LogP contribution in [0.3, 0.4) is 0 Å². The van der Waals surface area contributed by atoms with Gasteiger partial charge in [-0.1, -0.05) is 0 Å². The van der Waals surface area contributed by atoms with Crippen LogP contribution in [-0.4, -0.2) is 39.4 Å². The van der Waals surface area contributed by atoms with E-state index in [2.05, 4.69) is 5.32 Å². The van der Waals surface area contributed by atoms with Crippen molar-refractivity contribution in [2.24, 2.45) is 5.92 Å². The summed E-state index contributed by atoms with van der Waals surface area (Å²) in [6.45, 7) is 2.00. The summed E-state index contributed by atoms with van der Waals surface area (Å²) in [6.07, 6.45) is 2.29. The van der Waals surface area contributed by atoms with Crippen LogP contribution in [-0.2, 0) is 10.0 Å². The van der Waals surface area contributed by atoms with E-state index in [-0.39, 0.29) is 5.09 Å². The third-order valence-corrected chi connectivity index (χ3v) is 4.58. The monoisotopic (exact) mass is 244 g/mol. The molecule has 1 N–H and O–H groups in total. The Kier molecular flexibility index (Phi) is 3.32. The minimum absolute atomic E-state index is 0.0395. The molecule has 1 aromatic rings. The fourth-order valence-corrected chi connectivity index (χ4v) is 3.44. The Labute approximate surface area is 95.5 Å². The third kappa shape index (κ3) is 2.14. The van der Waals surface area contributed by atoms with Crippen molar-refractivity contribution in [3.63, 3.8) is 0 Å². The van der Waals surface area contributed by atoms with Crippen molar-refractivity contribution in [1.29, 1.82) is 0 Å². The molecule has 2 heterocycles. The van der Waals surface area contributed by atoms with Gasteiger partial charge in [-0.25, -0.2) is 8.42 Å². The van der Waals surface area contributed by atoms with Gasteiger partial charge in [0.2, 0.25) is 5.09 Å². The molecule has 1 atom stereocenters. The van der Waals surface area contributed by atoms with Gasteiger partial charge in [0.05, 0.1) is 6.26 Å². The predicted molar refractivity (Wildman–Crippen MR) is 59.5 cm³/mol. The molecule has 1 saturated heterocycles. The first-order valence-corrected chi connectivity index (χ1v) is 6.77. The molecule has 16 heavy (non-hydrogen) atoms. The Bertz CT molecular complexity index is 427. The number of nitrogens with zero attached hydrogens (tertiary/aromatic N) is 1. The highest BCUT2D eigenvalue weighted by Crippen LogP contribution is 2.23. The normalized spacial score (nSPS) is 22.7. The molecule has 1 fully saturated rings. The minimum atomic E-state index is -3.41. The van der Waals surface area contributed by atoms with Crippen molar-refractivity contribution in [3.8, 4) is 0 Å². The van der Waals surface area contributed by atoms with Crippen LogP contribution in [0.2, 0.25) is 0 Å². The zero-order valence-corrected chi connectivity index (χ0v) is 10.0. The highest BCUT2D eigenvalue weighted by Gasteiger charge is 2.33. The van der Waals surface area contributed by atoms with Gasteiger partial charge in [-0.05, 0) is 38.1 Å². The molecule has 1 unspecified atom stereocenters. The summed E-state index contributed by atoms with van der Waals surface area (Å²) >= 11 is 0. The summed E-state index contributed by atoms with van der Waals surface area (Å²) < 4.78 is 30.6. The Hall–Kier alpha value is -0.850. The van der Waals surface area contributed by atoms with Crippen LogP contribution in [0.5, 0.6) is 0 Å². The molecule has 0 saturated carbocycles. The molecule has 1 aliphatic rings. The van der Waals surface area contributed by atoms with E-state index in [9.17, 15) is 8.42 Å². The zero-order valence-electron chi connectivity index (χ0n) is 9.22. The second kappa shape index (κ2) is 4.57. The van der Waals surface area contributed by atoms with Gasteiger partial charge in [0.15, 0.2) is 0 Å². The second-order valence-electron chi connectivity index (χ2n) is 4.01. The van der Waals surface area contributed by atoms with Crippen LogP contribution >= 0.6 is 0 Å². The van der Waals surface area contributed by atoms with Crippen molar-refractivity contribution in [3.05, 3.63) is 18.4 Å². The molecule has 0 radical (unpaired) electrons. The molecule has 0 amide bonds. The van der Waals surface area contributed by atoms with Crippen LogP contribution in [0.25, 0.3) is 0 Å². The molecule has 2 rings (SSSR count). The molecule has 0 aliphatic carbocycles. The first kappa shape index (κ1) is 11.6. The van der Waals surface area contributed by atoms with E-state index in [1.807, 2.05) is 7.05 Å². The summed E-state index contributed by atoms with van der Waals surface area (Å²) in [7, 11) is -1.53. The summed E-state index contributed by atoms with van der Waals surface area (Å²) in [5.74, 6) is 0.398. The van der Waals surface area contributed by atoms with E-state index >= 15 is 0 Å². The van der Waals surface area contributed by atoms with Gasteiger partial charge in [0, 0.05) is 13.1 Å². The topological polar surface area (TPSA) is 62.6 Å².